The Morgan fingerprint density at radius 2 is 1.64 bits per heavy atom. The number of nitrogens with two attached hydrogens (primary N) is 1. The summed E-state index contributed by atoms with van der Waals surface area (Å²) >= 11 is 0. The van der Waals surface area contributed by atoms with Crippen LogP contribution in [0.5, 0.6) is 17.2 Å². The third-order valence-electron chi connectivity index (χ3n) is 7.46. The second-order valence-electron chi connectivity index (χ2n) is 10.7. The van der Waals surface area contributed by atoms with Crippen LogP contribution >= 0.6 is 0 Å². The number of benzene rings is 3. The average molecular weight is 611 g/mol. The van der Waals surface area contributed by atoms with Gasteiger partial charge in [-0.1, -0.05) is 24.3 Å². The van der Waals surface area contributed by atoms with Crippen molar-refractivity contribution in [2.75, 3.05) is 26.8 Å². The third-order valence-corrected chi connectivity index (χ3v) is 7.46. The lowest BCUT2D eigenvalue weighted by Gasteiger charge is -2.34. The van der Waals surface area contributed by atoms with Crippen molar-refractivity contribution >= 4 is 17.4 Å². The van der Waals surface area contributed by atoms with E-state index in [1.807, 2.05) is 24.3 Å². The fourth-order valence-corrected chi connectivity index (χ4v) is 4.96. The predicted octanol–water partition coefficient (Wildman–Crippen LogP) is 5.18. The second kappa shape index (κ2) is 13.9. The molecular formula is C33H33F3N2O6. The van der Waals surface area contributed by atoms with Gasteiger partial charge in [0.15, 0.2) is 17.4 Å². The molecule has 0 bridgehead atoms. The van der Waals surface area contributed by atoms with E-state index in [0.717, 1.165) is 35.6 Å². The van der Waals surface area contributed by atoms with Gasteiger partial charge in [-0.15, -0.1) is 0 Å². The maximum atomic E-state index is 13.8. The molecule has 2 N–H and O–H groups in total. The minimum absolute atomic E-state index is 0.00316. The van der Waals surface area contributed by atoms with Crippen LogP contribution in [0.3, 0.4) is 0 Å². The lowest BCUT2D eigenvalue weighted by Crippen LogP contribution is -2.51. The number of halogens is 3. The van der Waals surface area contributed by atoms with Gasteiger partial charge in [-0.3, -0.25) is 9.69 Å². The lowest BCUT2D eigenvalue weighted by molar-refractivity contribution is -0.142. The molecule has 3 aromatic carbocycles. The van der Waals surface area contributed by atoms with Gasteiger partial charge in [-0.2, -0.15) is 4.39 Å². The van der Waals surface area contributed by atoms with Crippen LogP contribution in [0.1, 0.15) is 36.8 Å². The molecule has 232 valence electrons. The molecule has 0 spiro atoms. The molecule has 1 saturated carbocycles. The highest BCUT2D eigenvalue weighted by molar-refractivity contribution is 5.99. The number of nitrogens with zero attached hydrogens (tertiary/aromatic N) is 1. The molecule has 5 rings (SSSR count). The number of methoxy groups -OCH3 is 1. The summed E-state index contributed by atoms with van der Waals surface area (Å²) < 4.78 is 62.9. The first-order valence-corrected chi connectivity index (χ1v) is 14.4. The Morgan fingerprint density at radius 1 is 0.955 bits per heavy atom. The first kappa shape index (κ1) is 30.9. The molecule has 1 aliphatic carbocycles. The molecule has 3 aromatic rings. The Bertz CT molecular complexity index is 1520. The molecule has 1 aliphatic heterocycles. The van der Waals surface area contributed by atoms with Gasteiger partial charge >= 0.3 is 5.97 Å². The number of hydrogen-bond donors (Lipinski definition) is 1. The number of carbonyl (C=O) groups excluding carboxylic acids is 2. The maximum absolute atomic E-state index is 13.8. The normalized spacial score (nSPS) is 15.9. The smallest absolute Gasteiger partial charge is 0.335 e. The van der Waals surface area contributed by atoms with Crippen molar-refractivity contribution in [1.82, 2.24) is 4.90 Å². The molecule has 11 heteroatoms. The first-order chi connectivity index (χ1) is 21.2. The van der Waals surface area contributed by atoms with Crippen LogP contribution in [0.15, 0.2) is 66.2 Å². The summed E-state index contributed by atoms with van der Waals surface area (Å²) in [4.78, 5) is 27.4. The van der Waals surface area contributed by atoms with Crippen molar-refractivity contribution in [2.24, 2.45) is 5.73 Å². The molecule has 1 amide bonds. The van der Waals surface area contributed by atoms with Crippen molar-refractivity contribution in [2.45, 2.75) is 44.4 Å². The summed E-state index contributed by atoms with van der Waals surface area (Å²) in [5.74, 6) is -4.26. The largest absolute Gasteiger partial charge is 0.497 e. The van der Waals surface area contributed by atoms with E-state index in [2.05, 4.69) is 0 Å². The molecule has 1 fully saturated rings. The Morgan fingerprint density at radius 3 is 2.30 bits per heavy atom. The minimum Gasteiger partial charge on any atom is -0.497 e. The maximum Gasteiger partial charge on any atom is 0.335 e. The zero-order valence-corrected chi connectivity index (χ0v) is 24.2. The van der Waals surface area contributed by atoms with Gasteiger partial charge in [0.25, 0.3) is 5.91 Å². The van der Waals surface area contributed by atoms with E-state index in [1.54, 1.807) is 36.3 Å². The second-order valence-corrected chi connectivity index (χ2v) is 10.7. The number of esters is 1. The van der Waals surface area contributed by atoms with Crippen molar-refractivity contribution in [3.63, 3.8) is 0 Å². The summed E-state index contributed by atoms with van der Waals surface area (Å²) in [6.45, 7) is 0.513. The number of primary amides is 1. The highest BCUT2D eigenvalue weighted by Gasteiger charge is 2.35. The topological polar surface area (TPSA) is 100 Å². The molecule has 8 nitrogen and oxygen atoms in total. The summed E-state index contributed by atoms with van der Waals surface area (Å²) in [7, 11) is 1.55. The van der Waals surface area contributed by atoms with Crippen molar-refractivity contribution in [1.29, 1.82) is 0 Å². The summed E-state index contributed by atoms with van der Waals surface area (Å²) in [6.07, 6.45) is 1.86. The van der Waals surface area contributed by atoms with Crippen LogP contribution in [0.25, 0.3) is 5.57 Å². The predicted molar refractivity (Wildman–Crippen MR) is 155 cm³/mol. The standard InChI is InChI=1S/C33H33F3N2O6/c1-41-22-8-10-23(11-9-22)43-32(31(37)39)38-17-16-25(26(19-38)33(40)44-24-12-13-24)21-6-4-20(5-7-21)3-2-18-42-30-28(35)15-14-27(34)29(30)36/h4-11,14-15,24,32H,2-3,12-13,16-19H2,1H3,(H2,37,39). The monoisotopic (exact) mass is 610 g/mol. The number of hydrogen-bond acceptors (Lipinski definition) is 7. The Labute approximate surface area is 253 Å². The first-order valence-electron chi connectivity index (χ1n) is 14.4. The quantitative estimate of drug-likeness (QED) is 0.162. The Hall–Kier alpha value is -4.51. The highest BCUT2D eigenvalue weighted by Crippen LogP contribution is 2.33. The van der Waals surface area contributed by atoms with Gasteiger partial charge in [-0.25, -0.2) is 13.6 Å². The van der Waals surface area contributed by atoms with E-state index in [9.17, 15) is 22.8 Å². The van der Waals surface area contributed by atoms with Crippen LogP contribution in [-0.4, -0.2) is 55.9 Å². The van der Waals surface area contributed by atoms with Gasteiger partial charge in [0, 0.05) is 13.1 Å². The number of ether oxygens (including phenoxy) is 4. The van der Waals surface area contributed by atoms with Crippen LogP contribution in [0.2, 0.25) is 0 Å². The summed E-state index contributed by atoms with van der Waals surface area (Å²) in [5.41, 5.74) is 8.75. The van der Waals surface area contributed by atoms with Gasteiger partial charge < -0.3 is 24.7 Å². The molecule has 2 aliphatic rings. The van der Waals surface area contributed by atoms with Gasteiger partial charge in [0.2, 0.25) is 12.0 Å². The van der Waals surface area contributed by atoms with E-state index >= 15 is 0 Å². The minimum atomic E-state index is -1.35. The average Bonchev–Trinajstić information content (AvgIpc) is 3.85. The third kappa shape index (κ3) is 7.52. The zero-order valence-electron chi connectivity index (χ0n) is 24.2. The molecule has 0 aromatic heterocycles. The summed E-state index contributed by atoms with van der Waals surface area (Å²) in [5, 5.41) is 0. The lowest BCUT2D eigenvalue weighted by atomic mass is 9.92. The number of rotatable bonds is 13. The summed E-state index contributed by atoms with van der Waals surface area (Å²) in [6, 6.07) is 15.9. The molecule has 0 saturated heterocycles. The number of amides is 1. The number of aryl methyl sites for hydroxylation is 1. The zero-order chi connectivity index (χ0) is 31.2. The van der Waals surface area contributed by atoms with Crippen LogP contribution in [0.4, 0.5) is 13.2 Å². The molecule has 1 heterocycles. The van der Waals surface area contributed by atoms with Crippen LogP contribution < -0.4 is 19.9 Å². The number of carbonyl (C=O) groups is 2. The highest BCUT2D eigenvalue weighted by atomic mass is 19.2. The van der Waals surface area contributed by atoms with Crippen LogP contribution in [0, 0.1) is 17.5 Å². The fourth-order valence-electron chi connectivity index (χ4n) is 4.96. The van der Waals surface area contributed by atoms with E-state index < -0.39 is 41.3 Å². The molecular weight excluding hydrogens is 577 g/mol. The Balaban J connectivity index is 1.27. The van der Waals surface area contributed by atoms with Crippen molar-refractivity contribution in [3.8, 4) is 17.2 Å². The van der Waals surface area contributed by atoms with Gasteiger partial charge in [0.1, 0.15) is 17.6 Å². The van der Waals surface area contributed by atoms with E-state index in [4.69, 9.17) is 24.7 Å². The Kier molecular flexibility index (Phi) is 9.74. The van der Waals surface area contributed by atoms with Crippen LogP contribution in [-0.2, 0) is 20.7 Å². The fraction of sp³-hybridized carbons (Fsp3) is 0.333. The molecule has 44 heavy (non-hydrogen) atoms. The van der Waals surface area contributed by atoms with Gasteiger partial charge in [0.05, 0.1) is 19.3 Å². The van der Waals surface area contributed by atoms with E-state index in [-0.39, 0.29) is 19.3 Å². The SMILES string of the molecule is COc1ccc(OC(C(N)=O)N2CCC(c3ccc(CCCOc4c(F)ccc(F)c4F)cc3)=C(C(=O)OC3CC3)C2)cc1. The van der Waals surface area contributed by atoms with E-state index in [1.165, 1.54) is 0 Å². The molecule has 1 unspecified atom stereocenters. The van der Waals surface area contributed by atoms with Gasteiger partial charge in [-0.05, 0) is 85.2 Å². The van der Waals surface area contributed by atoms with E-state index in [0.29, 0.717) is 48.9 Å². The molecule has 1 atom stereocenters. The molecule has 0 radical (unpaired) electrons. The van der Waals surface area contributed by atoms with Crippen molar-refractivity contribution < 1.29 is 41.7 Å². The van der Waals surface area contributed by atoms with Crippen molar-refractivity contribution in [3.05, 3.63) is 94.8 Å².